The van der Waals surface area contributed by atoms with Crippen molar-refractivity contribution in [3.05, 3.63) is 90.0 Å². The number of anilines is 1. The number of benzene rings is 1. The fraction of sp³-hybridized carbons (Fsp3) is 0.333. The predicted octanol–water partition coefficient (Wildman–Crippen LogP) is 4.84. The van der Waals surface area contributed by atoms with E-state index in [1.165, 1.54) is 12.3 Å². The standard InChI is InChI=1S/C24H24F3N3O/c25-24(26,27)22-9-8-21(17-29-22)30-13-10-19(11-14-30)23(31,20-7-4-12-28-16-20)15-18-5-2-1-3-6-18/h1-9,12,16-17,19,31H,10-11,13-15H2. The number of rotatable bonds is 5. The highest BCUT2D eigenvalue weighted by molar-refractivity contribution is 5.45. The molecule has 0 aliphatic carbocycles. The Kier molecular flexibility index (Phi) is 5.96. The average Bonchev–Trinajstić information content (AvgIpc) is 2.80. The summed E-state index contributed by atoms with van der Waals surface area (Å²) in [6, 6.07) is 16.1. The van der Waals surface area contributed by atoms with E-state index in [1.54, 1.807) is 12.4 Å². The smallest absolute Gasteiger partial charge is 0.384 e. The highest BCUT2D eigenvalue weighted by atomic mass is 19.4. The van der Waals surface area contributed by atoms with E-state index in [2.05, 4.69) is 9.97 Å². The van der Waals surface area contributed by atoms with E-state index in [4.69, 9.17) is 0 Å². The molecule has 1 aromatic carbocycles. The molecular weight excluding hydrogens is 403 g/mol. The lowest BCUT2D eigenvalue weighted by atomic mass is 9.73. The van der Waals surface area contributed by atoms with Gasteiger partial charge in [-0.05, 0) is 42.5 Å². The van der Waals surface area contributed by atoms with E-state index in [-0.39, 0.29) is 5.92 Å². The molecule has 7 heteroatoms. The Morgan fingerprint density at radius 2 is 1.68 bits per heavy atom. The zero-order valence-corrected chi connectivity index (χ0v) is 17.0. The molecule has 0 bridgehead atoms. The number of piperidine rings is 1. The second-order valence-corrected chi connectivity index (χ2v) is 7.99. The zero-order valence-electron chi connectivity index (χ0n) is 17.0. The van der Waals surface area contributed by atoms with Gasteiger partial charge >= 0.3 is 6.18 Å². The first-order chi connectivity index (χ1) is 14.9. The van der Waals surface area contributed by atoms with Gasteiger partial charge in [-0.25, -0.2) is 4.98 Å². The lowest BCUT2D eigenvalue weighted by Gasteiger charge is -2.42. The summed E-state index contributed by atoms with van der Waals surface area (Å²) >= 11 is 0. The quantitative estimate of drug-likeness (QED) is 0.633. The first-order valence-electron chi connectivity index (χ1n) is 10.3. The number of aliphatic hydroxyl groups is 1. The van der Waals surface area contributed by atoms with Crippen LogP contribution in [0.15, 0.2) is 73.2 Å². The molecule has 0 amide bonds. The topological polar surface area (TPSA) is 49.3 Å². The Hall–Kier alpha value is -2.93. The molecule has 2 aromatic heterocycles. The molecule has 162 valence electrons. The Morgan fingerprint density at radius 1 is 0.935 bits per heavy atom. The highest BCUT2D eigenvalue weighted by Crippen LogP contribution is 2.40. The van der Waals surface area contributed by atoms with Crippen LogP contribution in [0.4, 0.5) is 18.9 Å². The molecule has 1 N–H and O–H groups in total. The van der Waals surface area contributed by atoms with Gasteiger partial charge in [0.2, 0.25) is 0 Å². The van der Waals surface area contributed by atoms with Crippen LogP contribution in [-0.4, -0.2) is 28.2 Å². The van der Waals surface area contributed by atoms with Crippen molar-refractivity contribution in [3.8, 4) is 0 Å². The third kappa shape index (κ3) is 4.71. The summed E-state index contributed by atoms with van der Waals surface area (Å²) in [5.74, 6) is -0.00411. The molecular formula is C24H24F3N3O. The number of hydrogen-bond donors (Lipinski definition) is 1. The van der Waals surface area contributed by atoms with Crippen LogP contribution in [0.3, 0.4) is 0 Å². The highest BCUT2D eigenvalue weighted by Gasteiger charge is 2.40. The van der Waals surface area contributed by atoms with E-state index in [9.17, 15) is 18.3 Å². The summed E-state index contributed by atoms with van der Waals surface area (Å²) in [5, 5.41) is 11.8. The third-order valence-electron chi connectivity index (χ3n) is 6.05. The second kappa shape index (κ2) is 8.67. The SMILES string of the molecule is OC(Cc1ccccc1)(c1cccnc1)C1CCN(c2ccc(C(F)(F)F)nc2)CC1. The van der Waals surface area contributed by atoms with Crippen molar-refractivity contribution in [1.82, 2.24) is 9.97 Å². The molecule has 1 fully saturated rings. The third-order valence-corrected chi connectivity index (χ3v) is 6.05. The van der Waals surface area contributed by atoms with Crippen LogP contribution < -0.4 is 4.90 Å². The van der Waals surface area contributed by atoms with Crippen molar-refractivity contribution in [2.45, 2.75) is 31.0 Å². The van der Waals surface area contributed by atoms with Crippen molar-refractivity contribution in [2.24, 2.45) is 5.92 Å². The minimum Gasteiger partial charge on any atom is -0.384 e. The first-order valence-corrected chi connectivity index (χ1v) is 10.3. The normalized spacial score (nSPS) is 17.4. The molecule has 1 aliphatic rings. The summed E-state index contributed by atoms with van der Waals surface area (Å²) < 4.78 is 38.3. The number of pyridine rings is 2. The van der Waals surface area contributed by atoms with Crippen molar-refractivity contribution in [3.63, 3.8) is 0 Å². The van der Waals surface area contributed by atoms with Gasteiger partial charge in [-0.2, -0.15) is 13.2 Å². The number of alkyl halides is 3. The summed E-state index contributed by atoms with van der Waals surface area (Å²) in [4.78, 5) is 9.80. The fourth-order valence-electron chi connectivity index (χ4n) is 4.36. The van der Waals surface area contributed by atoms with Crippen LogP contribution >= 0.6 is 0 Å². The largest absolute Gasteiger partial charge is 0.433 e. The van der Waals surface area contributed by atoms with Gasteiger partial charge in [0.1, 0.15) is 5.69 Å². The molecule has 0 spiro atoms. The average molecular weight is 427 g/mol. The fourth-order valence-corrected chi connectivity index (χ4v) is 4.36. The van der Waals surface area contributed by atoms with Crippen LogP contribution in [0.5, 0.6) is 0 Å². The number of hydrogen-bond acceptors (Lipinski definition) is 4. The van der Waals surface area contributed by atoms with Gasteiger partial charge in [-0.3, -0.25) is 4.98 Å². The molecule has 31 heavy (non-hydrogen) atoms. The maximum Gasteiger partial charge on any atom is 0.433 e. The molecule has 1 unspecified atom stereocenters. The van der Waals surface area contributed by atoms with Gasteiger partial charge in [-0.1, -0.05) is 36.4 Å². The maximum atomic E-state index is 12.8. The van der Waals surface area contributed by atoms with Gasteiger partial charge in [0, 0.05) is 37.5 Å². The van der Waals surface area contributed by atoms with Crippen LogP contribution in [0.1, 0.15) is 29.7 Å². The minimum absolute atomic E-state index is 0.00411. The summed E-state index contributed by atoms with van der Waals surface area (Å²) in [6.45, 7) is 1.27. The monoisotopic (exact) mass is 427 g/mol. The maximum absolute atomic E-state index is 12.8. The molecule has 1 saturated heterocycles. The van der Waals surface area contributed by atoms with Crippen molar-refractivity contribution < 1.29 is 18.3 Å². The van der Waals surface area contributed by atoms with Gasteiger partial charge in [0.05, 0.1) is 17.5 Å². The Balaban J connectivity index is 1.51. The van der Waals surface area contributed by atoms with Crippen LogP contribution in [0.25, 0.3) is 0 Å². The molecule has 4 nitrogen and oxygen atoms in total. The van der Waals surface area contributed by atoms with Gasteiger partial charge in [0.25, 0.3) is 0 Å². The van der Waals surface area contributed by atoms with Crippen LogP contribution in [-0.2, 0) is 18.2 Å². The van der Waals surface area contributed by atoms with Crippen LogP contribution in [0.2, 0.25) is 0 Å². The predicted molar refractivity (Wildman–Crippen MR) is 112 cm³/mol. The van der Waals surface area contributed by atoms with Gasteiger partial charge < -0.3 is 10.0 Å². The van der Waals surface area contributed by atoms with E-state index in [0.717, 1.165) is 17.2 Å². The molecule has 4 rings (SSSR count). The number of aromatic nitrogens is 2. The van der Waals surface area contributed by atoms with E-state index < -0.39 is 17.5 Å². The van der Waals surface area contributed by atoms with Crippen LogP contribution in [0, 0.1) is 5.92 Å². The molecule has 3 aromatic rings. The Morgan fingerprint density at radius 3 is 2.26 bits per heavy atom. The Bertz CT molecular complexity index is 972. The molecule has 1 atom stereocenters. The first kappa shape index (κ1) is 21.3. The molecule has 0 saturated carbocycles. The van der Waals surface area contributed by atoms with Crippen molar-refractivity contribution in [1.29, 1.82) is 0 Å². The zero-order chi connectivity index (χ0) is 21.9. The number of nitrogens with zero attached hydrogens (tertiary/aromatic N) is 3. The number of halogens is 3. The van der Waals surface area contributed by atoms with E-state index in [1.807, 2.05) is 47.4 Å². The van der Waals surface area contributed by atoms with Crippen molar-refractivity contribution >= 4 is 5.69 Å². The lowest BCUT2D eigenvalue weighted by Crippen LogP contribution is -2.45. The van der Waals surface area contributed by atoms with Gasteiger partial charge in [-0.15, -0.1) is 0 Å². The summed E-state index contributed by atoms with van der Waals surface area (Å²) in [7, 11) is 0. The van der Waals surface area contributed by atoms with Gasteiger partial charge in [0.15, 0.2) is 0 Å². The second-order valence-electron chi connectivity index (χ2n) is 7.99. The lowest BCUT2D eigenvalue weighted by molar-refractivity contribution is -0.141. The van der Waals surface area contributed by atoms with E-state index >= 15 is 0 Å². The Labute approximate surface area is 179 Å². The molecule has 0 radical (unpaired) electrons. The van der Waals surface area contributed by atoms with Crippen molar-refractivity contribution in [2.75, 3.05) is 18.0 Å². The minimum atomic E-state index is -4.44. The van der Waals surface area contributed by atoms with E-state index in [0.29, 0.717) is 38.0 Å². The summed E-state index contributed by atoms with van der Waals surface area (Å²) in [5.41, 5.74) is 0.538. The summed E-state index contributed by atoms with van der Waals surface area (Å²) in [6.07, 6.45) is 2.13. The molecule has 3 heterocycles. The molecule has 1 aliphatic heterocycles.